The fourth-order valence-electron chi connectivity index (χ4n) is 1.91. The van der Waals surface area contributed by atoms with Crippen LogP contribution in [0, 0.1) is 5.92 Å². The van der Waals surface area contributed by atoms with Crippen LogP contribution in [0.25, 0.3) is 0 Å². The third kappa shape index (κ3) is 1.29. The van der Waals surface area contributed by atoms with E-state index in [9.17, 15) is 4.79 Å². The fraction of sp³-hybridized carbons (Fsp3) is 0.300. The molecule has 1 aromatic carbocycles. The maximum absolute atomic E-state index is 10.9. The summed E-state index contributed by atoms with van der Waals surface area (Å²) in [4.78, 5) is 10.9. The lowest BCUT2D eigenvalue weighted by molar-refractivity contribution is -0.142. The second kappa shape index (κ2) is 3.26. The lowest BCUT2D eigenvalue weighted by Gasteiger charge is -2.10. The molecule has 0 saturated carbocycles. The minimum absolute atomic E-state index is 0.429. The number of hydrogen-bond acceptors (Lipinski definition) is 2. The Kier molecular flexibility index (Phi) is 2.21. The number of benzene rings is 1. The molecule has 0 aromatic heterocycles. The maximum Gasteiger partial charge on any atom is 0.308 e. The average Bonchev–Trinajstić information content (AvgIpc) is 2.46. The van der Waals surface area contributed by atoms with E-state index in [-0.39, 0.29) is 0 Å². The monoisotopic (exact) mass is 211 g/mol. The molecule has 0 fully saturated rings. The van der Waals surface area contributed by atoms with Gasteiger partial charge in [-0.05, 0) is 23.6 Å². The number of aliphatic carboxylic acids is 1. The Morgan fingerprint density at radius 1 is 1.57 bits per heavy atom. The van der Waals surface area contributed by atoms with E-state index in [0.29, 0.717) is 11.4 Å². The molecule has 14 heavy (non-hydrogen) atoms. The Labute approximate surface area is 86.5 Å². The zero-order valence-corrected chi connectivity index (χ0v) is 8.16. The van der Waals surface area contributed by atoms with Crippen LogP contribution in [0.5, 0.6) is 0 Å². The van der Waals surface area contributed by atoms with E-state index in [1.165, 1.54) is 0 Å². The van der Waals surface area contributed by atoms with Gasteiger partial charge in [-0.1, -0.05) is 23.7 Å². The molecule has 2 atom stereocenters. The summed E-state index contributed by atoms with van der Waals surface area (Å²) in [7, 11) is 0. The topological polar surface area (TPSA) is 63.3 Å². The number of fused-ring (bicyclic) bond motifs is 1. The van der Waals surface area contributed by atoms with Crippen LogP contribution in [0.1, 0.15) is 17.2 Å². The third-order valence-electron chi connectivity index (χ3n) is 2.69. The van der Waals surface area contributed by atoms with E-state index in [4.69, 9.17) is 22.4 Å². The molecule has 0 spiro atoms. The molecule has 0 aliphatic heterocycles. The van der Waals surface area contributed by atoms with Crippen LogP contribution in [-0.4, -0.2) is 11.1 Å². The van der Waals surface area contributed by atoms with Crippen molar-refractivity contribution in [2.24, 2.45) is 11.7 Å². The van der Waals surface area contributed by atoms with E-state index >= 15 is 0 Å². The SMILES string of the molecule is NC1c2cccc(Cl)c2C[C@H]1C(=O)O. The maximum atomic E-state index is 10.9. The van der Waals surface area contributed by atoms with Crippen molar-refractivity contribution in [1.82, 2.24) is 0 Å². The molecule has 4 heteroatoms. The van der Waals surface area contributed by atoms with E-state index in [1.54, 1.807) is 12.1 Å². The normalized spacial score (nSPS) is 24.7. The third-order valence-corrected chi connectivity index (χ3v) is 3.04. The van der Waals surface area contributed by atoms with E-state index < -0.39 is 17.9 Å². The molecule has 0 bridgehead atoms. The lowest BCUT2D eigenvalue weighted by Crippen LogP contribution is -2.24. The van der Waals surface area contributed by atoms with Crippen molar-refractivity contribution in [2.75, 3.05) is 0 Å². The second-order valence-electron chi connectivity index (χ2n) is 3.48. The highest BCUT2D eigenvalue weighted by atomic mass is 35.5. The zero-order chi connectivity index (χ0) is 10.3. The summed E-state index contributed by atoms with van der Waals surface area (Å²) >= 11 is 5.96. The van der Waals surface area contributed by atoms with Crippen molar-refractivity contribution in [3.05, 3.63) is 34.3 Å². The first kappa shape index (κ1) is 9.49. The van der Waals surface area contributed by atoms with Crippen LogP contribution in [0.15, 0.2) is 18.2 Å². The Bertz CT molecular complexity index is 392. The van der Waals surface area contributed by atoms with Crippen molar-refractivity contribution >= 4 is 17.6 Å². The Balaban J connectivity index is 2.45. The minimum atomic E-state index is -0.857. The van der Waals surface area contributed by atoms with Crippen LogP contribution in [0.3, 0.4) is 0 Å². The van der Waals surface area contributed by atoms with Gasteiger partial charge in [0.05, 0.1) is 5.92 Å². The summed E-state index contributed by atoms with van der Waals surface area (Å²) in [6, 6.07) is 4.97. The summed E-state index contributed by atoms with van der Waals surface area (Å²) in [6.45, 7) is 0. The van der Waals surface area contributed by atoms with Gasteiger partial charge in [-0.2, -0.15) is 0 Å². The fourth-order valence-corrected chi connectivity index (χ4v) is 2.17. The van der Waals surface area contributed by atoms with Gasteiger partial charge in [0.1, 0.15) is 0 Å². The first-order chi connectivity index (χ1) is 6.61. The van der Waals surface area contributed by atoms with Gasteiger partial charge in [-0.15, -0.1) is 0 Å². The number of halogens is 1. The first-order valence-corrected chi connectivity index (χ1v) is 4.74. The Morgan fingerprint density at radius 3 is 2.86 bits per heavy atom. The second-order valence-corrected chi connectivity index (χ2v) is 3.89. The minimum Gasteiger partial charge on any atom is -0.481 e. The van der Waals surface area contributed by atoms with E-state index in [1.807, 2.05) is 6.07 Å². The van der Waals surface area contributed by atoms with E-state index in [2.05, 4.69) is 0 Å². The van der Waals surface area contributed by atoms with Crippen molar-refractivity contribution < 1.29 is 9.90 Å². The first-order valence-electron chi connectivity index (χ1n) is 4.37. The highest BCUT2D eigenvalue weighted by molar-refractivity contribution is 6.31. The van der Waals surface area contributed by atoms with Gasteiger partial charge >= 0.3 is 5.97 Å². The number of hydrogen-bond donors (Lipinski definition) is 2. The molecule has 0 saturated heterocycles. The quantitative estimate of drug-likeness (QED) is 0.742. The summed E-state index contributed by atoms with van der Waals surface area (Å²) in [6.07, 6.45) is 0.436. The standard InChI is InChI=1S/C10H10ClNO2/c11-8-3-1-2-5-6(8)4-7(9(5)12)10(13)14/h1-3,7,9H,4,12H2,(H,13,14)/t7-,9?/m1/s1. The summed E-state index contributed by atoms with van der Waals surface area (Å²) in [5.41, 5.74) is 7.57. The molecule has 1 aliphatic rings. The van der Waals surface area contributed by atoms with Crippen LogP contribution >= 0.6 is 11.6 Å². The summed E-state index contributed by atoms with van der Waals surface area (Å²) in [5, 5.41) is 9.54. The number of carboxylic acid groups (broad SMARTS) is 1. The van der Waals surface area contributed by atoms with Crippen LogP contribution in [0.2, 0.25) is 5.02 Å². The molecule has 1 aliphatic carbocycles. The Morgan fingerprint density at radius 2 is 2.29 bits per heavy atom. The molecule has 0 amide bonds. The number of carboxylic acids is 1. The van der Waals surface area contributed by atoms with Gasteiger partial charge in [0.15, 0.2) is 0 Å². The molecule has 2 rings (SSSR count). The zero-order valence-electron chi connectivity index (χ0n) is 7.40. The average molecular weight is 212 g/mol. The molecule has 3 nitrogen and oxygen atoms in total. The number of nitrogens with two attached hydrogens (primary N) is 1. The molecule has 0 heterocycles. The van der Waals surface area contributed by atoms with Crippen molar-refractivity contribution in [3.63, 3.8) is 0 Å². The molecule has 1 unspecified atom stereocenters. The molecular weight excluding hydrogens is 202 g/mol. The molecule has 1 aromatic rings. The number of rotatable bonds is 1. The summed E-state index contributed by atoms with van der Waals surface area (Å²) in [5.74, 6) is -1.39. The predicted molar refractivity (Wildman–Crippen MR) is 53.2 cm³/mol. The van der Waals surface area contributed by atoms with E-state index in [0.717, 1.165) is 11.1 Å². The Hall–Kier alpha value is -1.06. The van der Waals surface area contributed by atoms with Crippen LogP contribution < -0.4 is 5.73 Å². The largest absolute Gasteiger partial charge is 0.481 e. The van der Waals surface area contributed by atoms with Gasteiger partial charge in [0.2, 0.25) is 0 Å². The van der Waals surface area contributed by atoms with Gasteiger partial charge < -0.3 is 10.8 Å². The highest BCUT2D eigenvalue weighted by Crippen LogP contribution is 2.37. The van der Waals surface area contributed by atoms with Gasteiger partial charge in [0, 0.05) is 11.1 Å². The van der Waals surface area contributed by atoms with Gasteiger partial charge in [-0.3, -0.25) is 4.79 Å². The van der Waals surface area contributed by atoms with Gasteiger partial charge in [-0.25, -0.2) is 0 Å². The van der Waals surface area contributed by atoms with Crippen molar-refractivity contribution in [3.8, 4) is 0 Å². The number of carbonyl (C=O) groups is 1. The molecule has 3 N–H and O–H groups in total. The van der Waals surface area contributed by atoms with Crippen molar-refractivity contribution in [1.29, 1.82) is 0 Å². The van der Waals surface area contributed by atoms with Crippen LogP contribution in [-0.2, 0) is 11.2 Å². The smallest absolute Gasteiger partial charge is 0.308 e. The van der Waals surface area contributed by atoms with Gasteiger partial charge in [0.25, 0.3) is 0 Å². The van der Waals surface area contributed by atoms with Crippen molar-refractivity contribution in [2.45, 2.75) is 12.5 Å². The highest BCUT2D eigenvalue weighted by Gasteiger charge is 2.35. The predicted octanol–water partition coefficient (Wildman–Crippen LogP) is 1.60. The molecular formula is C10H10ClNO2. The lowest BCUT2D eigenvalue weighted by atomic mass is 10.0. The molecule has 0 radical (unpaired) electrons. The molecule has 74 valence electrons. The summed E-state index contributed by atoms with van der Waals surface area (Å²) < 4.78 is 0. The van der Waals surface area contributed by atoms with Crippen LogP contribution in [0.4, 0.5) is 0 Å².